The number of nitrogens with one attached hydrogen (secondary N) is 1. The molecule has 0 bridgehead atoms. The van der Waals surface area contributed by atoms with Gasteiger partial charge in [-0.3, -0.25) is 9.59 Å². The summed E-state index contributed by atoms with van der Waals surface area (Å²) in [5, 5.41) is 6.74. The van der Waals surface area contributed by atoms with Gasteiger partial charge in [-0.25, -0.2) is 4.68 Å². The van der Waals surface area contributed by atoms with Crippen molar-refractivity contribution < 1.29 is 4.79 Å². The average Bonchev–Trinajstić information content (AvgIpc) is 2.36. The van der Waals surface area contributed by atoms with Gasteiger partial charge in [0.2, 0.25) is 5.91 Å². The van der Waals surface area contributed by atoms with Crippen LogP contribution in [0, 0.1) is 0 Å². The van der Waals surface area contributed by atoms with E-state index in [1.54, 1.807) is 0 Å². The first-order chi connectivity index (χ1) is 9.47. The zero-order chi connectivity index (χ0) is 14.7. The van der Waals surface area contributed by atoms with Crippen LogP contribution >= 0.6 is 23.2 Å². The number of benzene rings is 1. The van der Waals surface area contributed by atoms with Crippen molar-refractivity contribution in [1.82, 2.24) is 9.78 Å². The summed E-state index contributed by atoms with van der Waals surface area (Å²) in [5.74, 6) is -0.473. The number of rotatable bonds is 3. The number of hydrogen-bond donors (Lipinski definition) is 2. The minimum Gasteiger partial charge on any atom is -0.399 e. The van der Waals surface area contributed by atoms with E-state index in [1.807, 2.05) is 0 Å². The Morgan fingerprint density at radius 3 is 2.60 bits per heavy atom. The second-order valence-corrected chi connectivity index (χ2v) is 4.74. The number of anilines is 2. The molecule has 6 nitrogen and oxygen atoms in total. The van der Waals surface area contributed by atoms with Crippen LogP contribution in [0.25, 0.3) is 0 Å². The molecule has 0 radical (unpaired) electrons. The molecule has 0 unspecified atom stereocenters. The van der Waals surface area contributed by atoms with Crippen LogP contribution in [-0.4, -0.2) is 15.7 Å². The van der Waals surface area contributed by atoms with E-state index in [1.165, 1.54) is 30.5 Å². The summed E-state index contributed by atoms with van der Waals surface area (Å²) >= 11 is 11.9. The fraction of sp³-hybridized carbons (Fsp3) is 0.0833. The second kappa shape index (κ2) is 5.94. The maximum atomic E-state index is 11.9. The van der Waals surface area contributed by atoms with E-state index >= 15 is 0 Å². The van der Waals surface area contributed by atoms with Gasteiger partial charge in [0.05, 0.1) is 15.7 Å². The number of aromatic nitrogens is 2. The third-order valence-electron chi connectivity index (χ3n) is 2.41. The number of amides is 1. The summed E-state index contributed by atoms with van der Waals surface area (Å²) < 4.78 is 1.02. The average molecular weight is 313 g/mol. The largest absolute Gasteiger partial charge is 0.399 e. The molecule has 20 heavy (non-hydrogen) atoms. The summed E-state index contributed by atoms with van der Waals surface area (Å²) in [4.78, 5) is 23.3. The molecule has 3 N–H and O–H groups in total. The lowest BCUT2D eigenvalue weighted by atomic mass is 10.3. The lowest BCUT2D eigenvalue weighted by Gasteiger charge is -2.10. The second-order valence-electron chi connectivity index (χ2n) is 3.93. The zero-order valence-corrected chi connectivity index (χ0v) is 11.6. The van der Waals surface area contributed by atoms with E-state index in [4.69, 9.17) is 28.9 Å². The molecule has 2 rings (SSSR count). The molecule has 0 fully saturated rings. The molecular formula is C12H10Cl2N4O2. The van der Waals surface area contributed by atoms with E-state index in [2.05, 4.69) is 10.4 Å². The summed E-state index contributed by atoms with van der Waals surface area (Å²) in [6, 6.07) is 5.74. The van der Waals surface area contributed by atoms with Gasteiger partial charge in [0.1, 0.15) is 6.54 Å². The quantitative estimate of drug-likeness (QED) is 0.845. The Morgan fingerprint density at radius 2 is 2.00 bits per heavy atom. The predicted octanol–water partition coefficient (Wildman–Crippen LogP) is 1.77. The maximum Gasteiger partial charge on any atom is 0.267 e. The van der Waals surface area contributed by atoms with Crippen molar-refractivity contribution in [2.24, 2.45) is 0 Å². The molecule has 1 aromatic carbocycles. The fourth-order valence-electron chi connectivity index (χ4n) is 1.53. The van der Waals surface area contributed by atoms with Crippen molar-refractivity contribution in [1.29, 1.82) is 0 Å². The maximum absolute atomic E-state index is 11.9. The Hall–Kier alpha value is -2.05. The topological polar surface area (TPSA) is 90.0 Å². The summed E-state index contributed by atoms with van der Waals surface area (Å²) in [5.41, 5.74) is 5.82. The number of nitrogens with zero attached hydrogens (tertiary/aromatic N) is 2. The molecule has 0 atom stereocenters. The van der Waals surface area contributed by atoms with Gasteiger partial charge in [0, 0.05) is 18.0 Å². The minimum atomic E-state index is -0.473. The number of carbonyl (C=O) groups excluding carboxylic acids is 1. The van der Waals surface area contributed by atoms with Gasteiger partial charge in [-0.2, -0.15) is 5.10 Å². The Bertz CT molecular complexity index is 692. The van der Waals surface area contributed by atoms with Gasteiger partial charge in [0.15, 0.2) is 0 Å². The summed E-state index contributed by atoms with van der Waals surface area (Å²) in [6.07, 6.45) is 1.41. The number of halogens is 2. The van der Waals surface area contributed by atoms with Gasteiger partial charge in [-0.05, 0) is 18.2 Å². The molecule has 1 amide bonds. The third kappa shape index (κ3) is 3.28. The summed E-state index contributed by atoms with van der Waals surface area (Å²) in [7, 11) is 0. The normalized spacial score (nSPS) is 10.3. The van der Waals surface area contributed by atoms with Crippen molar-refractivity contribution in [3.63, 3.8) is 0 Å². The van der Waals surface area contributed by atoms with E-state index in [9.17, 15) is 9.59 Å². The monoisotopic (exact) mass is 312 g/mol. The highest BCUT2D eigenvalue weighted by Crippen LogP contribution is 2.32. The van der Waals surface area contributed by atoms with Crippen LogP contribution in [0.3, 0.4) is 0 Å². The first kappa shape index (κ1) is 14.4. The molecule has 1 heterocycles. The SMILES string of the molecule is Nc1cc(Cl)c(NC(=O)Cn2ncccc2=O)c(Cl)c1. The van der Waals surface area contributed by atoms with Gasteiger partial charge in [-0.1, -0.05) is 23.2 Å². The van der Waals surface area contributed by atoms with Crippen LogP contribution < -0.4 is 16.6 Å². The number of nitrogen functional groups attached to an aromatic ring is 1. The third-order valence-corrected chi connectivity index (χ3v) is 3.00. The molecule has 0 saturated heterocycles. The van der Waals surface area contributed by atoms with E-state index in [-0.39, 0.29) is 27.8 Å². The van der Waals surface area contributed by atoms with Crippen LogP contribution in [0.4, 0.5) is 11.4 Å². The van der Waals surface area contributed by atoms with Crippen LogP contribution in [0.1, 0.15) is 0 Å². The van der Waals surface area contributed by atoms with Crippen molar-refractivity contribution in [3.8, 4) is 0 Å². The zero-order valence-electron chi connectivity index (χ0n) is 10.1. The van der Waals surface area contributed by atoms with Crippen LogP contribution in [0.2, 0.25) is 10.0 Å². The predicted molar refractivity (Wildman–Crippen MR) is 78.0 cm³/mol. The van der Waals surface area contributed by atoms with Crippen LogP contribution in [0.5, 0.6) is 0 Å². The van der Waals surface area contributed by atoms with E-state index in [0.717, 1.165) is 4.68 Å². The first-order valence-electron chi connectivity index (χ1n) is 5.54. The van der Waals surface area contributed by atoms with E-state index in [0.29, 0.717) is 5.69 Å². The van der Waals surface area contributed by atoms with E-state index < -0.39 is 5.91 Å². The van der Waals surface area contributed by atoms with Gasteiger partial charge < -0.3 is 11.1 Å². The Kier molecular flexibility index (Phi) is 4.26. The molecule has 0 aliphatic heterocycles. The molecule has 0 aliphatic rings. The standard InChI is InChI=1S/C12H10Cl2N4O2/c13-8-4-7(15)5-9(14)12(8)17-10(19)6-18-11(20)2-1-3-16-18/h1-5H,6,15H2,(H,17,19). The molecule has 0 aliphatic carbocycles. The molecule has 1 aromatic heterocycles. The molecule has 8 heteroatoms. The molecule has 0 saturated carbocycles. The lowest BCUT2D eigenvalue weighted by molar-refractivity contribution is -0.117. The highest BCUT2D eigenvalue weighted by Gasteiger charge is 2.12. The minimum absolute atomic E-state index is 0.219. The Labute approximate surface area is 124 Å². The van der Waals surface area contributed by atoms with Crippen molar-refractivity contribution >= 4 is 40.5 Å². The molecular weight excluding hydrogens is 303 g/mol. The van der Waals surface area contributed by atoms with Gasteiger partial charge in [0.25, 0.3) is 5.56 Å². The fourth-order valence-corrected chi connectivity index (χ4v) is 2.13. The van der Waals surface area contributed by atoms with Crippen molar-refractivity contribution in [2.45, 2.75) is 6.54 Å². The lowest BCUT2D eigenvalue weighted by Crippen LogP contribution is -2.28. The molecule has 0 spiro atoms. The first-order valence-corrected chi connectivity index (χ1v) is 6.29. The molecule has 2 aromatic rings. The molecule has 104 valence electrons. The number of carbonyl (C=O) groups is 1. The number of hydrogen-bond acceptors (Lipinski definition) is 4. The highest BCUT2D eigenvalue weighted by molar-refractivity contribution is 6.40. The van der Waals surface area contributed by atoms with Crippen molar-refractivity contribution in [3.05, 3.63) is 50.9 Å². The highest BCUT2D eigenvalue weighted by atomic mass is 35.5. The van der Waals surface area contributed by atoms with Crippen LogP contribution in [0.15, 0.2) is 35.3 Å². The number of nitrogens with two attached hydrogens (primary N) is 1. The van der Waals surface area contributed by atoms with Crippen LogP contribution in [-0.2, 0) is 11.3 Å². The van der Waals surface area contributed by atoms with Gasteiger partial charge in [-0.15, -0.1) is 0 Å². The van der Waals surface area contributed by atoms with Gasteiger partial charge >= 0.3 is 0 Å². The smallest absolute Gasteiger partial charge is 0.267 e. The Balaban J connectivity index is 2.17. The summed E-state index contributed by atoms with van der Waals surface area (Å²) in [6.45, 7) is -0.239. The Morgan fingerprint density at radius 1 is 1.35 bits per heavy atom. The van der Waals surface area contributed by atoms with Crippen molar-refractivity contribution in [2.75, 3.05) is 11.1 Å².